The van der Waals surface area contributed by atoms with Crippen molar-refractivity contribution in [3.05, 3.63) is 41.6 Å². The number of hydrogen-bond donors (Lipinski definition) is 2. The Bertz CT molecular complexity index is 635. The van der Waals surface area contributed by atoms with E-state index in [1.807, 2.05) is 37.3 Å². The summed E-state index contributed by atoms with van der Waals surface area (Å²) in [5.74, 6) is 2.30. The molecule has 0 radical (unpaired) electrons. The summed E-state index contributed by atoms with van der Waals surface area (Å²) >= 11 is 0. The van der Waals surface area contributed by atoms with Gasteiger partial charge in [-0.05, 0) is 33.8 Å². The molecule has 0 aliphatic rings. The SMILES string of the molecule is COc1ccccc1CNc1cc(C)nc(NC(C)(C)C)n1. The number of benzene rings is 1. The van der Waals surface area contributed by atoms with Crippen LogP contribution in [-0.2, 0) is 6.54 Å². The number of anilines is 2. The number of methoxy groups -OCH3 is 1. The molecule has 0 atom stereocenters. The van der Waals surface area contributed by atoms with Crippen LogP contribution in [0.1, 0.15) is 32.0 Å². The molecule has 5 heteroatoms. The molecule has 0 aliphatic heterocycles. The van der Waals surface area contributed by atoms with Crippen LogP contribution in [0.25, 0.3) is 0 Å². The maximum Gasteiger partial charge on any atom is 0.225 e. The summed E-state index contributed by atoms with van der Waals surface area (Å²) in [7, 11) is 1.68. The van der Waals surface area contributed by atoms with Gasteiger partial charge in [0, 0.05) is 29.4 Å². The average Bonchev–Trinajstić information content (AvgIpc) is 2.43. The van der Waals surface area contributed by atoms with E-state index in [4.69, 9.17) is 4.74 Å². The van der Waals surface area contributed by atoms with Crippen molar-refractivity contribution in [1.82, 2.24) is 9.97 Å². The molecule has 0 saturated heterocycles. The van der Waals surface area contributed by atoms with Gasteiger partial charge in [0.1, 0.15) is 11.6 Å². The normalized spacial score (nSPS) is 11.1. The van der Waals surface area contributed by atoms with Gasteiger partial charge in [0.05, 0.1) is 7.11 Å². The minimum atomic E-state index is -0.0757. The Morgan fingerprint density at radius 1 is 1.14 bits per heavy atom. The number of rotatable bonds is 5. The second-order valence-corrected chi connectivity index (χ2v) is 6.26. The first-order valence-electron chi connectivity index (χ1n) is 7.37. The van der Waals surface area contributed by atoms with Gasteiger partial charge in [-0.15, -0.1) is 0 Å². The number of ether oxygens (including phenoxy) is 1. The molecular formula is C17H24N4O. The summed E-state index contributed by atoms with van der Waals surface area (Å²) in [6.07, 6.45) is 0. The lowest BCUT2D eigenvalue weighted by Crippen LogP contribution is -2.27. The number of aryl methyl sites for hydroxylation is 1. The summed E-state index contributed by atoms with van der Waals surface area (Å²) in [5.41, 5.74) is 1.93. The Morgan fingerprint density at radius 2 is 1.86 bits per heavy atom. The van der Waals surface area contributed by atoms with E-state index in [1.54, 1.807) is 7.11 Å². The van der Waals surface area contributed by atoms with E-state index in [9.17, 15) is 0 Å². The van der Waals surface area contributed by atoms with Crippen molar-refractivity contribution in [2.75, 3.05) is 17.7 Å². The second kappa shape index (κ2) is 6.64. The van der Waals surface area contributed by atoms with Crippen LogP contribution < -0.4 is 15.4 Å². The maximum absolute atomic E-state index is 5.36. The van der Waals surface area contributed by atoms with Crippen molar-refractivity contribution in [1.29, 1.82) is 0 Å². The Kier molecular flexibility index (Phi) is 4.85. The molecule has 0 bridgehead atoms. The number of hydrogen-bond acceptors (Lipinski definition) is 5. The Labute approximate surface area is 132 Å². The summed E-state index contributed by atoms with van der Waals surface area (Å²) in [6.45, 7) is 8.86. The van der Waals surface area contributed by atoms with Crippen LogP contribution in [0, 0.1) is 6.92 Å². The standard InChI is InChI=1S/C17H24N4O/c1-12-10-15(20-16(19-12)21-17(2,3)4)18-11-13-8-6-7-9-14(13)22-5/h6-10H,11H2,1-5H3,(H2,18,19,20,21). The van der Waals surface area contributed by atoms with E-state index in [-0.39, 0.29) is 5.54 Å². The van der Waals surface area contributed by atoms with E-state index in [2.05, 4.69) is 41.4 Å². The highest BCUT2D eigenvalue weighted by atomic mass is 16.5. The fourth-order valence-corrected chi connectivity index (χ4v) is 2.09. The van der Waals surface area contributed by atoms with Crippen LogP contribution in [0.2, 0.25) is 0 Å². The van der Waals surface area contributed by atoms with Crippen molar-refractivity contribution in [3.63, 3.8) is 0 Å². The third-order valence-electron chi connectivity index (χ3n) is 2.99. The molecule has 1 heterocycles. The molecule has 22 heavy (non-hydrogen) atoms. The van der Waals surface area contributed by atoms with E-state index in [0.717, 1.165) is 22.8 Å². The molecule has 0 saturated carbocycles. The van der Waals surface area contributed by atoms with Crippen molar-refractivity contribution >= 4 is 11.8 Å². The fraction of sp³-hybridized carbons (Fsp3) is 0.412. The number of para-hydroxylation sites is 1. The van der Waals surface area contributed by atoms with Crippen LogP contribution in [0.3, 0.4) is 0 Å². The van der Waals surface area contributed by atoms with Gasteiger partial charge < -0.3 is 15.4 Å². The lowest BCUT2D eigenvalue weighted by Gasteiger charge is -2.21. The molecule has 0 unspecified atom stereocenters. The van der Waals surface area contributed by atoms with Crippen LogP contribution in [0.4, 0.5) is 11.8 Å². The average molecular weight is 300 g/mol. The van der Waals surface area contributed by atoms with E-state index >= 15 is 0 Å². The monoisotopic (exact) mass is 300 g/mol. The highest BCUT2D eigenvalue weighted by molar-refractivity contribution is 5.45. The zero-order chi connectivity index (χ0) is 16.2. The Balaban J connectivity index is 2.13. The van der Waals surface area contributed by atoms with Crippen molar-refractivity contribution in [2.45, 2.75) is 39.8 Å². The highest BCUT2D eigenvalue weighted by Gasteiger charge is 2.12. The van der Waals surface area contributed by atoms with E-state index in [0.29, 0.717) is 12.5 Å². The smallest absolute Gasteiger partial charge is 0.225 e. The molecule has 5 nitrogen and oxygen atoms in total. The van der Waals surface area contributed by atoms with E-state index in [1.165, 1.54) is 0 Å². The molecule has 2 rings (SSSR count). The van der Waals surface area contributed by atoms with Crippen LogP contribution in [0.15, 0.2) is 30.3 Å². The van der Waals surface area contributed by atoms with Gasteiger partial charge in [0.2, 0.25) is 5.95 Å². The lowest BCUT2D eigenvalue weighted by atomic mass is 10.1. The Morgan fingerprint density at radius 3 is 2.55 bits per heavy atom. The minimum absolute atomic E-state index is 0.0757. The highest BCUT2D eigenvalue weighted by Crippen LogP contribution is 2.19. The fourth-order valence-electron chi connectivity index (χ4n) is 2.09. The van der Waals surface area contributed by atoms with Crippen molar-refractivity contribution < 1.29 is 4.74 Å². The zero-order valence-corrected chi connectivity index (χ0v) is 13.9. The number of aromatic nitrogens is 2. The third-order valence-corrected chi connectivity index (χ3v) is 2.99. The van der Waals surface area contributed by atoms with Crippen molar-refractivity contribution in [2.24, 2.45) is 0 Å². The zero-order valence-electron chi connectivity index (χ0n) is 13.9. The largest absolute Gasteiger partial charge is 0.496 e. The molecule has 2 N–H and O–H groups in total. The predicted molar refractivity (Wildman–Crippen MR) is 90.5 cm³/mol. The number of nitrogens with one attached hydrogen (secondary N) is 2. The molecule has 0 aliphatic carbocycles. The quantitative estimate of drug-likeness (QED) is 0.883. The maximum atomic E-state index is 5.36. The summed E-state index contributed by atoms with van der Waals surface area (Å²) in [4.78, 5) is 8.94. The molecule has 118 valence electrons. The van der Waals surface area contributed by atoms with Gasteiger partial charge in [0.25, 0.3) is 0 Å². The van der Waals surface area contributed by atoms with Gasteiger partial charge in [-0.3, -0.25) is 0 Å². The van der Waals surface area contributed by atoms with Crippen LogP contribution >= 0.6 is 0 Å². The topological polar surface area (TPSA) is 59.1 Å². The second-order valence-electron chi connectivity index (χ2n) is 6.26. The van der Waals surface area contributed by atoms with E-state index < -0.39 is 0 Å². The first kappa shape index (κ1) is 16.1. The van der Waals surface area contributed by atoms with Crippen molar-refractivity contribution in [3.8, 4) is 5.75 Å². The molecule has 2 aromatic rings. The molecule has 0 fully saturated rings. The van der Waals surface area contributed by atoms with Gasteiger partial charge in [-0.2, -0.15) is 4.98 Å². The molecule has 0 amide bonds. The van der Waals surface area contributed by atoms with Crippen LogP contribution in [-0.4, -0.2) is 22.6 Å². The molecule has 0 spiro atoms. The summed E-state index contributed by atoms with van der Waals surface area (Å²) < 4.78 is 5.36. The predicted octanol–water partition coefficient (Wildman–Crippen LogP) is 3.62. The van der Waals surface area contributed by atoms with Gasteiger partial charge in [0.15, 0.2) is 0 Å². The number of nitrogens with zero attached hydrogens (tertiary/aromatic N) is 2. The first-order valence-corrected chi connectivity index (χ1v) is 7.37. The summed E-state index contributed by atoms with van der Waals surface area (Å²) in [5, 5.41) is 6.63. The minimum Gasteiger partial charge on any atom is -0.496 e. The van der Waals surface area contributed by atoms with Crippen LogP contribution in [0.5, 0.6) is 5.75 Å². The Hall–Kier alpha value is -2.30. The molecule has 1 aromatic heterocycles. The lowest BCUT2D eigenvalue weighted by molar-refractivity contribution is 0.410. The molecular weight excluding hydrogens is 276 g/mol. The first-order chi connectivity index (χ1) is 10.4. The summed E-state index contributed by atoms with van der Waals surface area (Å²) in [6, 6.07) is 9.88. The van der Waals surface area contributed by atoms with Gasteiger partial charge in [-0.1, -0.05) is 18.2 Å². The molecule has 1 aromatic carbocycles. The van der Waals surface area contributed by atoms with Gasteiger partial charge >= 0.3 is 0 Å². The van der Waals surface area contributed by atoms with Gasteiger partial charge in [-0.25, -0.2) is 4.98 Å². The third kappa shape index (κ3) is 4.62.